The molecule has 1 amide bonds. The third-order valence-electron chi connectivity index (χ3n) is 4.39. The molecule has 1 N–H and O–H groups in total. The van der Waals surface area contributed by atoms with Crippen molar-refractivity contribution in [1.82, 2.24) is 10.3 Å². The zero-order valence-electron chi connectivity index (χ0n) is 14.8. The average Bonchev–Trinajstić information content (AvgIpc) is 3.19. The van der Waals surface area contributed by atoms with E-state index in [9.17, 15) is 14.9 Å². The Bertz CT molecular complexity index is 845. The number of nitro groups is 1. The number of carbonyl (C=O) groups excluding carboxylic acids is 1. The van der Waals surface area contributed by atoms with E-state index in [2.05, 4.69) is 10.3 Å². The van der Waals surface area contributed by atoms with Crippen molar-refractivity contribution in [3.8, 4) is 5.88 Å². The van der Waals surface area contributed by atoms with E-state index in [4.69, 9.17) is 4.74 Å². The molecule has 1 aromatic heterocycles. The number of carbonyl (C=O) groups is 1. The smallest absolute Gasteiger partial charge is 0.270 e. The fourth-order valence-electron chi connectivity index (χ4n) is 2.98. The highest BCUT2D eigenvalue weighted by Crippen LogP contribution is 2.25. The summed E-state index contributed by atoms with van der Waals surface area (Å²) in [6.07, 6.45) is 9.19. The van der Waals surface area contributed by atoms with Crippen molar-refractivity contribution in [3.05, 3.63) is 69.9 Å². The number of aromatic nitrogens is 1. The molecule has 0 bridgehead atoms. The second-order valence-corrected chi connectivity index (χ2v) is 6.40. The molecular weight excluding hydrogens is 346 g/mol. The van der Waals surface area contributed by atoms with Gasteiger partial charge in [0.1, 0.15) is 6.10 Å². The van der Waals surface area contributed by atoms with E-state index < -0.39 is 4.92 Å². The summed E-state index contributed by atoms with van der Waals surface area (Å²) in [7, 11) is 0. The Hall–Kier alpha value is -3.22. The molecule has 1 aliphatic rings. The maximum absolute atomic E-state index is 12.1. The Morgan fingerprint density at radius 1 is 1.30 bits per heavy atom. The molecule has 1 heterocycles. The Balaban J connectivity index is 1.57. The number of hydrogen-bond donors (Lipinski definition) is 1. The molecule has 1 aliphatic carbocycles. The van der Waals surface area contributed by atoms with Gasteiger partial charge in [-0.25, -0.2) is 4.98 Å². The van der Waals surface area contributed by atoms with Gasteiger partial charge in [0.2, 0.25) is 11.8 Å². The predicted molar refractivity (Wildman–Crippen MR) is 101 cm³/mol. The van der Waals surface area contributed by atoms with E-state index in [1.54, 1.807) is 24.4 Å². The first-order chi connectivity index (χ1) is 13.1. The van der Waals surface area contributed by atoms with Crippen molar-refractivity contribution >= 4 is 17.7 Å². The van der Waals surface area contributed by atoms with E-state index in [-0.39, 0.29) is 17.7 Å². The molecule has 0 saturated heterocycles. The van der Waals surface area contributed by atoms with Gasteiger partial charge in [-0.15, -0.1) is 0 Å². The molecule has 27 heavy (non-hydrogen) atoms. The zero-order valence-corrected chi connectivity index (χ0v) is 14.8. The normalized spacial score (nSPS) is 14.4. The summed E-state index contributed by atoms with van der Waals surface area (Å²) in [5.74, 6) is 0.268. The first kappa shape index (κ1) is 18.6. The van der Waals surface area contributed by atoms with Gasteiger partial charge in [-0.05, 0) is 43.4 Å². The van der Waals surface area contributed by atoms with Crippen molar-refractivity contribution in [2.24, 2.45) is 0 Å². The zero-order chi connectivity index (χ0) is 19.1. The highest BCUT2D eigenvalue weighted by molar-refractivity contribution is 5.91. The van der Waals surface area contributed by atoms with Crippen LogP contribution in [0.3, 0.4) is 0 Å². The summed E-state index contributed by atoms with van der Waals surface area (Å²) < 4.78 is 5.96. The van der Waals surface area contributed by atoms with Gasteiger partial charge in [-0.3, -0.25) is 14.9 Å². The van der Waals surface area contributed by atoms with Crippen LogP contribution in [0.25, 0.3) is 6.08 Å². The van der Waals surface area contributed by atoms with E-state index in [0.717, 1.165) is 18.4 Å². The van der Waals surface area contributed by atoms with Crippen LogP contribution in [0.2, 0.25) is 0 Å². The van der Waals surface area contributed by atoms with Crippen molar-refractivity contribution in [3.63, 3.8) is 0 Å². The quantitative estimate of drug-likeness (QED) is 0.458. The van der Waals surface area contributed by atoms with E-state index in [0.29, 0.717) is 18.0 Å². The summed E-state index contributed by atoms with van der Waals surface area (Å²) in [5.41, 5.74) is 1.40. The number of ether oxygens (including phenoxy) is 1. The van der Waals surface area contributed by atoms with Gasteiger partial charge in [0.05, 0.1) is 4.92 Å². The lowest BCUT2D eigenvalue weighted by atomic mass is 10.2. The van der Waals surface area contributed by atoms with Crippen LogP contribution < -0.4 is 10.1 Å². The third-order valence-corrected chi connectivity index (χ3v) is 4.39. The van der Waals surface area contributed by atoms with Gasteiger partial charge in [0, 0.05) is 36.5 Å². The fourth-order valence-corrected chi connectivity index (χ4v) is 2.98. The van der Waals surface area contributed by atoms with Gasteiger partial charge >= 0.3 is 0 Å². The summed E-state index contributed by atoms with van der Waals surface area (Å²) in [5, 5.41) is 13.6. The molecule has 0 unspecified atom stereocenters. The Morgan fingerprint density at radius 2 is 2.11 bits per heavy atom. The van der Waals surface area contributed by atoms with Crippen LogP contribution in [0.5, 0.6) is 5.88 Å². The number of benzene rings is 1. The SMILES string of the molecule is O=C(/C=C/c1cccc([N+](=O)[O-])c1)NCc1cccnc1OC1CCCC1. The number of nitrogens with zero attached hydrogens (tertiary/aromatic N) is 2. The Labute approximate surface area is 157 Å². The number of non-ortho nitro benzene ring substituents is 1. The molecule has 7 nitrogen and oxygen atoms in total. The molecule has 0 spiro atoms. The van der Waals surface area contributed by atoms with Gasteiger partial charge in [-0.1, -0.05) is 18.2 Å². The van der Waals surface area contributed by atoms with Crippen molar-refractivity contribution in [2.75, 3.05) is 0 Å². The van der Waals surface area contributed by atoms with Gasteiger partial charge in [0.25, 0.3) is 5.69 Å². The number of hydrogen-bond acceptors (Lipinski definition) is 5. The highest BCUT2D eigenvalue weighted by Gasteiger charge is 2.18. The minimum Gasteiger partial charge on any atom is -0.474 e. The lowest BCUT2D eigenvalue weighted by Gasteiger charge is -2.15. The summed E-state index contributed by atoms with van der Waals surface area (Å²) in [6, 6.07) is 9.79. The maximum Gasteiger partial charge on any atom is 0.270 e. The van der Waals surface area contributed by atoms with Crippen molar-refractivity contribution < 1.29 is 14.5 Å². The number of nitro benzene ring substituents is 1. The molecule has 3 rings (SSSR count). The Morgan fingerprint density at radius 3 is 2.89 bits per heavy atom. The minimum atomic E-state index is -0.467. The second-order valence-electron chi connectivity index (χ2n) is 6.40. The molecule has 0 aliphatic heterocycles. The fraction of sp³-hybridized carbons (Fsp3) is 0.300. The third kappa shape index (κ3) is 5.37. The maximum atomic E-state index is 12.1. The monoisotopic (exact) mass is 367 g/mol. The van der Waals surface area contributed by atoms with Crippen LogP contribution in [-0.2, 0) is 11.3 Å². The van der Waals surface area contributed by atoms with Crippen LogP contribution in [-0.4, -0.2) is 21.9 Å². The largest absolute Gasteiger partial charge is 0.474 e. The number of rotatable bonds is 7. The Kier molecular flexibility index (Phi) is 6.14. The van der Waals surface area contributed by atoms with Crippen LogP contribution in [0.15, 0.2) is 48.7 Å². The topological polar surface area (TPSA) is 94.4 Å². The second kappa shape index (κ2) is 8.93. The molecule has 0 atom stereocenters. The van der Waals surface area contributed by atoms with Crippen molar-refractivity contribution in [1.29, 1.82) is 0 Å². The molecule has 2 aromatic rings. The molecule has 7 heteroatoms. The number of pyridine rings is 1. The van der Waals surface area contributed by atoms with E-state index in [1.165, 1.54) is 31.1 Å². The lowest BCUT2D eigenvalue weighted by molar-refractivity contribution is -0.384. The highest BCUT2D eigenvalue weighted by atomic mass is 16.6. The lowest BCUT2D eigenvalue weighted by Crippen LogP contribution is -2.22. The molecule has 1 aromatic carbocycles. The summed E-state index contributed by atoms with van der Waals surface area (Å²) >= 11 is 0. The first-order valence-electron chi connectivity index (χ1n) is 8.93. The first-order valence-corrected chi connectivity index (χ1v) is 8.93. The molecule has 1 fully saturated rings. The van der Waals surface area contributed by atoms with Crippen LogP contribution in [0.1, 0.15) is 36.8 Å². The number of amides is 1. The van der Waals surface area contributed by atoms with E-state index >= 15 is 0 Å². The predicted octanol–water partition coefficient (Wildman–Crippen LogP) is 3.64. The van der Waals surface area contributed by atoms with Crippen LogP contribution >= 0.6 is 0 Å². The molecule has 1 saturated carbocycles. The molecule has 0 radical (unpaired) electrons. The molecular formula is C20H21N3O4. The van der Waals surface area contributed by atoms with Crippen LogP contribution in [0.4, 0.5) is 5.69 Å². The average molecular weight is 367 g/mol. The summed E-state index contributed by atoms with van der Waals surface area (Å²) in [4.78, 5) is 26.7. The van der Waals surface area contributed by atoms with Crippen LogP contribution in [0, 0.1) is 10.1 Å². The van der Waals surface area contributed by atoms with Gasteiger partial charge in [-0.2, -0.15) is 0 Å². The standard InChI is InChI=1S/C20H21N3O4/c24-19(11-10-15-5-3-7-17(13-15)23(25)26)22-14-16-6-4-12-21-20(16)27-18-8-1-2-9-18/h3-7,10-13,18H,1-2,8-9,14H2,(H,22,24)/b11-10+. The van der Waals surface area contributed by atoms with E-state index in [1.807, 2.05) is 12.1 Å². The molecule has 140 valence electrons. The summed E-state index contributed by atoms with van der Waals surface area (Å²) in [6.45, 7) is 0.300. The van der Waals surface area contributed by atoms with Gasteiger partial charge in [0.15, 0.2) is 0 Å². The minimum absolute atomic E-state index is 0.0124. The number of nitrogens with one attached hydrogen (secondary N) is 1. The van der Waals surface area contributed by atoms with Crippen molar-refractivity contribution in [2.45, 2.75) is 38.3 Å². The van der Waals surface area contributed by atoms with Gasteiger partial charge < -0.3 is 10.1 Å².